The van der Waals surface area contributed by atoms with Crippen molar-refractivity contribution in [1.29, 1.82) is 0 Å². The number of ether oxygens (including phenoxy) is 2. The molecule has 2 aromatic rings. The standard InChI is InChI=1S/C21H23N3O3/c25-21(23-9-8-15-4-2-1-3-5-15)16-10-18(13-22-12-16)24-17-6-7-19-20(11-17)27-14-26-19/h4,6-7,10-13,24H,1-3,5,8-9,14H2,(H,23,25). The minimum atomic E-state index is -0.103. The first-order valence-corrected chi connectivity index (χ1v) is 9.36. The number of benzene rings is 1. The van der Waals surface area contributed by atoms with Gasteiger partial charge in [0, 0.05) is 24.5 Å². The Hall–Kier alpha value is -3.02. The number of allylic oxidation sites excluding steroid dienone is 1. The van der Waals surface area contributed by atoms with Gasteiger partial charge in [0.05, 0.1) is 17.4 Å². The second-order valence-corrected chi connectivity index (χ2v) is 6.77. The van der Waals surface area contributed by atoms with Gasteiger partial charge in [-0.05, 0) is 50.3 Å². The molecule has 0 unspecified atom stereocenters. The largest absolute Gasteiger partial charge is 0.454 e. The number of rotatable bonds is 6. The fourth-order valence-corrected chi connectivity index (χ4v) is 3.34. The van der Waals surface area contributed by atoms with Crippen molar-refractivity contribution in [2.45, 2.75) is 32.1 Å². The van der Waals surface area contributed by atoms with Gasteiger partial charge in [-0.15, -0.1) is 0 Å². The predicted octanol–water partition coefficient (Wildman–Crippen LogP) is 4.17. The lowest BCUT2D eigenvalue weighted by Gasteiger charge is -2.13. The van der Waals surface area contributed by atoms with Gasteiger partial charge in [0.1, 0.15) is 0 Å². The summed E-state index contributed by atoms with van der Waals surface area (Å²) >= 11 is 0. The zero-order valence-corrected chi connectivity index (χ0v) is 15.2. The third-order valence-corrected chi connectivity index (χ3v) is 4.78. The van der Waals surface area contributed by atoms with Crippen molar-refractivity contribution in [3.8, 4) is 11.5 Å². The molecule has 0 saturated heterocycles. The zero-order chi connectivity index (χ0) is 18.5. The smallest absolute Gasteiger partial charge is 0.252 e. The van der Waals surface area contributed by atoms with Gasteiger partial charge in [-0.25, -0.2) is 0 Å². The molecule has 4 rings (SSSR count). The van der Waals surface area contributed by atoms with E-state index >= 15 is 0 Å². The van der Waals surface area contributed by atoms with E-state index in [1.807, 2.05) is 18.2 Å². The maximum Gasteiger partial charge on any atom is 0.252 e. The maximum absolute atomic E-state index is 12.4. The number of amides is 1. The molecule has 140 valence electrons. The summed E-state index contributed by atoms with van der Waals surface area (Å²) in [7, 11) is 0. The molecule has 27 heavy (non-hydrogen) atoms. The normalized spacial score (nSPS) is 15.2. The van der Waals surface area contributed by atoms with Crippen LogP contribution in [0.15, 0.2) is 48.3 Å². The second-order valence-electron chi connectivity index (χ2n) is 6.77. The Morgan fingerprint density at radius 1 is 1.07 bits per heavy atom. The van der Waals surface area contributed by atoms with Gasteiger partial charge in [-0.3, -0.25) is 9.78 Å². The quantitative estimate of drug-likeness (QED) is 0.752. The Balaban J connectivity index is 1.35. The number of hydrogen-bond donors (Lipinski definition) is 2. The number of hydrogen-bond acceptors (Lipinski definition) is 5. The highest BCUT2D eigenvalue weighted by atomic mass is 16.7. The SMILES string of the molecule is O=C(NCCC1=CCCCC1)c1cncc(Nc2ccc3c(c2)OCO3)c1. The molecule has 2 N–H and O–H groups in total. The number of nitrogens with one attached hydrogen (secondary N) is 2. The van der Waals surface area contributed by atoms with Crippen LogP contribution >= 0.6 is 0 Å². The van der Waals surface area contributed by atoms with Crippen LogP contribution in [0.5, 0.6) is 11.5 Å². The summed E-state index contributed by atoms with van der Waals surface area (Å²) in [4.78, 5) is 16.6. The molecule has 1 aromatic carbocycles. The van der Waals surface area contributed by atoms with Crippen molar-refractivity contribution in [2.24, 2.45) is 0 Å². The molecule has 0 spiro atoms. The number of carbonyl (C=O) groups excluding carboxylic acids is 1. The van der Waals surface area contributed by atoms with E-state index in [0.717, 1.165) is 30.0 Å². The van der Waals surface area contributed by atoms with E-state index in [-0.39, 0.29) is 12.7 Å². The van der Waals surface area contributed by atoms with Crippen molar-refractivity contribution < 1.29 is 14.3 Å². The molecule has 6 nitrogen and oxygen atoms in total. The molecule has 1 aliphatic carbocycles. The van der Waals surface area contributed by atoms with Crippen molar-refractivity contribution in [1.82, 2.24) is 10.3 Å². The number of pyridine rings is 1. The van der Waals surface area contributed by atoms with E-state index in [9.17, 15) is 4.79 Å². The van der Waals surface area contributed by atoms with Crippen molar-refractivity contribution in [2.75, 3.05) is 18.7 Å². The summed E-state index contributed by atoms with van der Waals surface area (Å²) in [5.41, 5.74) is 3.59. The van der Waals surface area contributed by atoms with Gasteiger partial charge in [-0.1, -0.05) is 11.6 Å². The lowest BCUT2D eigenvalue weighted by atomic mass is 9.97. The lowest BCUT2D eigenvalue weighted by molar-refractivity contribution is 0.0953. The van der Waals surface area contributed by atoms with Crippen LogP contribution in [0.3, 0.4) is 0 Å². The van der Waals surface area contributed by atoms with E-state index in [1.165, 1.54) is 24.8 Å². The van der Waals surface area contributed by atoms with E-state index < -0.39 is 0 Å². The van der Waals surface area contributed by atoms with Gasteiger partial charge in [0.2, 0.25) is 6.79 Å². The van der Waals surface area contributed by atoms with Gasteiger partial charge >= 0.3 is 0 Å². The molecule has 1 aromatic heterocycles. The Kier molecular flexibility index (Phi) is 5.23. The summed E-state index contributed by atoms with van der Waals surface area (Å²) in [6, 6.07) is 7.42. The van der Waals surface area contributed by atoms with Crippen LogP contribution in [-0.4, -0.2) is 24.2 Å². The van der Waals surface area contributed by atoms with E-state index in [2.05, 4.69) is 21.7 Å². The summed E-state index contributed by atoms with van der Waals surface area (Å²) in [5, 5.41) is 6.24. The fourth-order valence-electron chi connectivity index (χ4n) is 3.34. The van der Waals surface area contributed by atoms with Gasteiger partial charge < -0.3 is 20.1 Å². The molecule has 0 radical (unpaired) electrons. The zero-order valence-electron chi connectivity index (χ0n) is 15.2. The number of nitrogens with zero attached hydrogens (tertiary/aromatic N) is 1. The van der Waals surface area contributed by atoms with E-state index in [0.29, 0.717) is 17.9 Å². The topological polar surface area (TPSA) is 72.5 Å². The highest BCUT2D eigenvalue weighted by Gasteiger charge is 2.14. The second kappa shape index (κ2) is 8.12. The van der Waals surface area contributed by atoms with Crippen molar-refractivity contribution in [3.05, 3.63) is 53.9 Å². The lowest BCUT2D eigenvalue weighted by Crippen LogP contribution is -2.25. The molecular formula is C21H23N3O3. The number of fused-ring (bicyclic) bond motifs is 1. The Morgan fingerprint density at radius 2 is 2.00 bits per heavy atom. The third-order valence-electron chi connectivity index (χ3n) is 4.78. The minimum Gasteiger partial charge on any atom is -0.454 e. The van der Waals surface area contributed by atoms with E-state index in [4.69, 9.17) is 9.47 Å². The summed E-state index contributed by atoms with van der Waals surface area (Å²) in [6.07, 6.45) is 11.4. The average Bonchev–Trinajstić information content (AvgIpc) is 3.17. The molecule has 1 aliphatic heterocycles. The van der Waals surface area contributed by atoms with Crippen LogP contribution in [0.2, 0.25) is 0 Å². The molecule has 0 fully saturated rings. The molecule has 2 aliphatic rings. The Morgan fingerprint density at radius 3 is 2.89 bits per heavy atom. The van der Waals surface area contributed by atoms with Crippen LogP contribution in [0, 0.1) is 0 Å². The van der Waals surface area contributed by atoms with Gasteiger partial charge in [0.15, 0.2) is 11.5 Å². The highest BCUT2D eigenvalue weighted by molar-refractivity contribution is 5.94. The van der Waals surface area contributed by atoms with Gasteiger partial charge in [-0.2, -0.15) is 0 Å². The first-order valence-electron chi connectivity index (χ1n) is 9.36. The Bertz CT molecular complexity index is 864. The minimum absolute atomic E-state index is 0.103. The molecular weight excluding hydrogens is 342 g/mol. The molecule has 1 amide bonds. The molecule has 0 bridgehead atoms. The number of anilines is 2. The fraction of sp³-hybridized carbons (Fsp3) is 0.333. The van der Waals surface area contributed by atoms with Gasteiger partial charge in [0.25, 0.3) is 5.91 Å². The Labute approximate surface area is 158 Å². The average molecular weight is 365 g/mol. The number of aromatic nitrogens is 1. The predicted molar refractivity (Wildman–Crippen MR) is 104 cm³/mol. The maximum atomic E-state index is 12.4. The summed E-state index contributed by atoms with van der Waals surface area (Å²) in [5.74, 6) is 1.34. The van der Waals surface area contributed by atoms with Crippen LogP contribution in [0.1, 0.15) is 42.5 Å². The third kappa shape index (κ3) is 4.39. The van der Waals surface area contributed by atoms with Crippen molar-refractivity contribution >= 4 is 17.3 Å². The van der Waals surface area contributed by atoms with Crippen LogP contribution in [-0.2, 0) is 0 Å². The monoisotopic (exact) mass is 365 g/mol. The summed E-state index contributed by atoms with van der Waals surface area (Å²) in [6.45, 7) is 0.900. The molecule has 0 saturated carbocycles. The summed E-state index contributed by atoms with van der Waals surface area (Å²) < 4.78 is 10.7. The van der Waals surface area contributed by atoms with Crippen LogP contribution in [0.4, 0.5) is 11.4 Å². The van der Waals surface area contributed by atoms with E-state index in [1.54, 1.807) is 18.5 Å². The molecule has 2 heterocycles. The highest BCUT2D eigenvalue weighted by Crippen LogP contribution is 2.35. The molecule has 0 atom stereocenters. The first-order chi connectivity index (χ1) is 13.3. The van der Waals surface area contributed by atoms with Crippen LogP contribution in [0.25, 0.3) is 0 Å². The first kappa shape index (κ1) is 17.4. The molecule has 6 heteroatoms. The van der Waals surface area contributed by atoms with Crippen molar-refractivity contribution in [3.63, 3.8) is 0 Å². The van der Waals surface area contributed by atoms with Crippen LogP contribution < -0.4 is 20.1 Å². The number of carbonyl (C=O) groups is 1.